The molecule has 0 bridgehead atoms. The smallest absolute Gasteiger partial charge is 0.248 e. The van der Waals surface area contributed by atoms with E-state index in [0.717, 1.165) is 31.6 Å². The number of rotatable bonds is 5. The van der Waals surface area contributed by atoms with E-state index in [1.807, 2.05) is 6.07 Å². The molecule has 0 spiro atoms. The van der Waals surface area contributed by atoms with Crippen molar-refractivity contribution in [2.75, 3.05) is 23.3 Å². The summed E-state index contributed by atoms with van der Waals surface area (Å²) in [7, 11) is 0. The van der Waals surface area contributed by atoms with Gasteiger partial charge in [0.2, 0.25) is 11.8 Å². The molecule has 3 N–H and O–H groups in total. The first-order valence-electron chi connectivity index (χ1n) is 8.36. The Morgan fingerprint density at radius 2 is 1.81 bits per heavy atom. The molecule has 26 heavy (non-hydrogen) atoms. The number of nitrogens with two attached hydrogens (primary N) is 1. The molecule has 0 radical (unpaired) electrons. The van der Waals surface area contributed by atoms with Crippen molar-refractivity contribution in [3.63, 3.8) is 0 Å². The van der Waals surface area contributed by atoms with E-state index in [1.165, 1.54) is 0 Å². The van der Waals surface area contributed by atoms with E-state index < -0.39 is 5.91 Å². The standard InChI is InChI=1S/C19H19Cl2N3O2/c20-14-5-3-12(15(21)11-14)10-18(25)23-16-9-13(19(22)26)4-6-17(16)24-7-1-2-8-24/h3-6,9,11H,1-2,7-8,10H2,(H2,22,26)(H,23,25). The van der Waals surface area contributed by atoms with Crippen molar-refractivity contribution in [2.45, 2.75) is 19.3 Å². The van der Waals surface area contributed by atoms with Gasteiger partial charge in [-0.1, -0.05) is 29.3 Å². The van der Waals surface area contributed by atoms with Crippen LogP contribution in [0.4, 0.5) is 11.4 Å². The Labute approximate surface area is 162 Å². The Bertz CT molecular complexity index is 849. The molecule has 136 valence electrons. The van der Waals surface area contributed by atoms with Crippen LogP contribution in [0.15, 0.2) is 36.4 Å². The number of carbonyl (C=O) groups is 2. The summed E-state index contributed by atoms with van der Waals surface area (Å²) in [5.74, 6) is -0.759. The number of anilines is 2. The summed E-state index contributed by atoms with van der Waals surface area (Å²) in [4.78, 5) is 26.2. The number of amides is 2. The van der Waals surface area contributed by atoms with Gasteiger partial charge in [-0.15, -0.1) is 0 Å². The molecule has 0 aromatic heterocycles. The molecule has 1 heterocycles. The highest BCUT2D eigenvalue weighted by atomic mass is 35.5. The minimum atomic E-state index is -0.533. The molecule has 1 aliphatic heterocycles. The summed E-state index contributed by atoms with van der Waals surface area (Å²) in [6.45, 7) is 1.84. The third kappa shape index (κ3) is 4.29. The van der Waals surface area contributed by atoms with Crippen LogP contribution in [-0.2, 0) is 11.2 Å². The van der Waals surface area contributed by atoms with Crippen LogP contribution in [0.3, 0.4) is 0 Å². The van der Waals surface area contributed by atoms with Gasteiger partial charge < -0.3 is 16.0 Å². The van der Waals surface area contributed by atoms with Crippen LogP contribution in [0.2, 0.25) is 10.0 Å². The van der Waals surface area contributed by atoms with Gasteiger partial charge in [-0.25, -0.2) is 0 Å². The maximum Gasteiger partial charge on any atom is 0.248 e. The van der Waals surface area contributed by atoms with Crippen LogP contribution >= 0.6 is 23.2 Å². The Balaban J connectivity index is 1.83. The quantitative estimate of drug-likeness (QED) is 0.811. The summed E-state index contributed by atoms with van der Waals surface area (Å²) in [6, 6.07) is 10.2. The lowest BCUT2D eigenvalue weighted by molar-refractivity contribution is -0.115. The Kier molecular flexibility index (Phi) is 5.69. The zero-order chi connectivity index (χ0) is 18.7. The highest BCUT2D eigenvalue weighted by Gasteiger charge is 2.19. The highest BCUT2D eigenvalue weighted by Crippen LogP contribution is 2.30. The van der Waals surface area contributed by atoms with Crippen LogP contribution < -0.4 is 16.0 Å². The molecule has 7 heteroatoms. The van der Waals surface area contributed by atoms with E-state index in [-0.39, 0.29) is 12.3 Å². The van der Waals surface area contributed by atoms with Crippen LogP contribution in [0.5, 0.6) is 0 Å². The molecule has 1 aliphatic rings. The molecule has 1 saturated heterocycles. The Morgan fingerprint density at radius 3 is 2.46 bits per heavy atom. The van der Waals surface area contributed by atoms with Gasteiger partial charge in [-0.3, -0.25) is 9.59 Å². The number of benzene rings is 2. The van der Waals surface area contributed by atoms with Gasteiger partial charge in [-0.05, 0) is 48.7 Å². The van der Waals surface area contributed by atoms with Crippen molar-refractivity contribution in [3.8, 4) is 0 Å². The third-order valence-electron chi connectivity index (χ3n) is 4.37. The summed E-state index contributed by atoms with van der Waals surface area (Å²) in [5.41, 5.74) is 7.89. The van der Waals surface area contributed by atoms with Crippen LogP contribution in [0.1, 0.15) is 28.8 Å². The monoisotopic (exact) mass is 391 g/mol. The summed E-state index contributed by atoms with van der Waals surface area (Å²) < 4.78 is 0. The molecule has 0 unspecified atom stereocenters. The van der Waals surface area contributed by atoms with Gasteiger partial charge in [0.25, 0.3) is 0 Å². The predicted molar refractivity (Wildman–Crippen MR) is 105 cm³/mol. The van der Waals surface area contributed by atoms with E-state index in [4.69, 9.17) is 28.9 Å². The van der Waals surface area contributed by atoms with E-state index >= 15 is 0 Å². The van der Waals surface area contributed by atoms with Gasteiger partial charge in [0, 0.05) is 28.7 Å². The first kappa shape index (κ1) is 18.5. The number of hydrogen-bond acceptors (Lipinski definition) is 3. The lowest BCUT2D eigenvalue weighted by Crippen LogP contribution is -2.23. The second-order valence-corrected chi connectivity index (χ2v) is 7.09. The zero-order valence-corrected chi connectivity index (χ0v) is 15.6. The van der Waals surface area contributed by atoms with Gasteiger partial charge in [0.1, 0.15) is 0 Å². The fraction of sp³-hybridized carbons (Fsp3) is 0.263. The largest absolute Gasteiger partial charge is 0.370 e. The van der Waals surface area contributed by atoms with Crippen molar-refractivity contribution in [1.82, 2.24) is 0 Å². The summed E-state index contributed by atoms with van der Waals surface area (Å²) >= 11 is 12.0. The van der Waals surface area contributed by atoms with E-state index in [1.54, 1.807) is 30.3 Å². The Hall–Kier alpha value is -2.24. The van der Waals surface area contributed by atoms with Gasteiger partial charge >= 0.3 is 0 Å². The summed E-state index contributed by atoms with van der Waals surface area (Å²) in [5, 5.41) is 3.85. The number of nitrogens with zero attached hydrogens (tertiary/aromatic N) is 1. The van der Waals surface area contributed by atoms with E-state index in [9.17, 15) is 9.59 Å². The lowest BCUT2D eigenvalue weighted by atomic mass is 10.1. The van der Waals surface area contributed by atoms with Crippen LogP contribution in [0, 0.1) is 0 Å². The molecule has 1 fully saturated rings. The molecule has 5 nitrogen and oxygen atoms in total. The van der Waals surface area contributed by atoms with E-state index in [2.05, 4.69) is 10.2 Å². The zero-order valence-electron chi connectivity index (χ0n) is 14.1. The second-order valence-electron chi connectivity index (χ2n) is 6.25. The number of hydrogen-bond donors (Lipinski definition) is 2. The molecular formula is C19H19Cl2N3O2. The minimum Gasteiger partial charge on any atom is -0.370 e. The number of carbonyl (C=O) groups excluding carboxylic acids is 2. The molecule has 0 atom stereocenters. The molecular weight excluding hydrogens is 373 g/mol. The van der Waals surface area contributed by atoms with Crippen molar-refractivity contribution in [3.05, 3.63) is 57.6 Å². The average Bonchev–Trinajstić information content (AvgIpc) is 3.11. The molecule has 3 rings (SSSR count). The van der Waals surface area contributed by atoms with Crippen LogP contribution in [-0.4, -0.2) is 24.9 Å². The minimum absolute atomic E-state index is 0.107. The highest BCUT2D eigenvalue weighted by molar-refractivity contribution is 6.35. The Morgan fingerprint density at radius 1 is 1.08 bits per heavy atom. The maximum absolute atomic E-state index is 12.5. The topological polar surface area (TPSA) is 75.4 Å². The number of nitrogens with one attached hydrogen (secondary N) is 1. The average molecular weight is 392 g/mol. The second kappa shape index (κ2) is 7.98. The SMILES string of the molecule is NC(=O)c1ccc(N2CCCC2)c(NC(=O)Cc2ccc(Cl)cc2Cl)c1. The van der Waals surface area contributed by atoms with Gasteiger partial charge in [-0.2, -0.15) is 0 Å². The molecule has 0 saturated carbocycles. The normalized spacial score (nSPS) is 13.7. The predicted octanol–water partition coefficient (Wildman–Crippen LogP) is 3.87. The number of halogens is 2. The van der Waals surface area contributed by atoms with Crippen molar-refractivity contribution in [1.29, 1.82) is 0 Å². The third-order valence-corrected chi connectivity index (χ3v) is 4.95. The molecule has 0 aliphatic carbocycles. The first-order valence-corrected chi connectivity index (χ1v) is 9.12. The summed E-state index contributed by atoms with van der Waals surface area (Å²) in [6.07, 6.45) is 2.31. The molecule has 2 aromatic carbocycles. The van der Waals surface area contributed by atoms with Crippen LogP contribution in [0.25, 0.3) is 0 Å². The van der Waals surface area contributed by atoms with E-state index in [0.29, 0.717) is 26.9 Å². The maximum atomic E-state index is 12.5. The fourth-order valence-corrected chi connectivity index (χ4v) is 3.53. The number of primary amides is 1. The van der Waals surface area contributed by atoms with Crippen molar-refractivity contribution in [2.24, 2.45) is 5.73 Å². The molecule has 2 aromatic rings. The van der Waals surface area contributed by atoms with Gasteiger partial charge in [0.05, 0.1) is 17.8 Å². The van der Waals surface area contributed by atoms with Crippen molar-refractivity contribution >= 4 is 46.4 Å². The van der Waals surface area contributed by atoms with Gasteiger partial charge in [0.15, 0.2) is 0 Å². The molecule has 2 amide bonds. The van der Waals surface area contributed by atoms with Crippen molar-refractivity contribution < 1.29 is 9.59 Å². The lowest BCUT2D eigenvalue weighted by Gasteiger charge is -2.22. The fourth-order valence-electron chi connectivity index (χ4n) is 3.06. The first-order chi connectivity index (χ1) is 12.4.